The summed E-state index contributed by atoms with van der Waals surface area (Å²) in [5, 5.41) is 3.16. The van der Waals surface area contributed by atoms with Crippen LogP contribution in [0.5, 0.6) is 0 Å². The van der Waals surface area contributed by atoms with Gasteiger partial charge in [-0.2, -0.15) is 0 Å². The number of H-pyrrole nitrogens is 1. The first-order valence-corrected chi connectivity index (χ1v) is 6.30. The molecule has 4 heteroatoms. The number of nitrogens with zero attached hydrogens (tertiary/aromatic N) is 2. The van der Waals surface area contributed by atoms with Crippen LogP contribution in [0.4, 0.5) is 0 Å². The Hall–Kier alpha value is -1.81. The lowest BCUT2D eigenvalue weighted by Gasteiger charge is -1.98. The van der Waals surface area contributed by atoms with Crippen molar-refractivity contribution in [2.24, 2.45) is 0 Å². The van der Waals surface area contributed by atoms with Gasteiger partial charge in [-0.05, 0) is 38.1 Å². The molecule has 0 saturated carbocycles. The third-order valence-corrected chi connectivity index (χ3v) is 3.33. The van der Waals surface area contributed by atoms with Crippen molar-refractivity contribution in [2.45, 2.75) is 20.3 Å². The summed E-state index contributed by atoms with van der Waals surface area (Å²) in [6, 6.07) is 4.37. The Bertz CT molecular complexity index is 705. The molecule has 0 saturated heterocycles. The van der Waals surface area contributed by atoms with Gasteiger partial charge in [-0.25, -0.2) is 4.98 Å². The number of aryl methyl sites for hydroxylation is 2. The van der Waals surface area contributed by atoms with E-state index in [0.717, 1.165) is 24.3 Å². The van der Waals surface area contributed by atoms with Crippen LogP contribution in [0.15, 0.2) is 18.3 Å². The van der Waals surface area contributed by atoms with E-state index in [1.807, 2.05) is 7.05 Å². The molecular formula is C14H18N4. The molecule has 18 heavy (non-hydrogen) atoms. The van der Waals surface area contributed by atoms with Crippen LogP contribution in [0.3, 0.4) is 0 Å². The smallest absolute Gasteiger partial charge is 0.212 e. The summed E-state index contributed by atoms with van der Waals surface area (Å²) in [6.45, 7) is 5.21. The number of aromatic amines is 1. The lowest BCUT2D eigenvalue weighted by atomic mass is 10.1. The predicted molar refractivity (Wildman–Crippen MR) is 74.2 cm³/mol. The van der Waals surface area contributed by atoms with Crippen LogP contribution in [0.25, 0.3) is 16.8 Å². The second-order valence-corrected chi connectivity index (χ2v) is 4.89. The zero-order chi connectivity index (χ0) is 12.7. The predicted octanol–water partition coefficient (Wildman–Crippen LogP) is 2.19. The van der Waals surface area contributed by atoms with E-state index in [9.17, 15) is 0 Å². The Morgan fingerprint density at radius 3 is 2.94 bits per heavy atom. The minimum Gasteiger partial charge on any atom is -0.327 e. The number of benzene rings is 1. The first-order chi connectivity index (χ1) is 8.69. The molecule has 4 nitrogen and oxygen atoms in total. The monoisotopic (exact) mass is 242 g/mol. The van der Waals surface area contributed by atoms with E-state index in [1.54, 1.807) is 0 Å². The van der Waals surface area contributed by atoms with Gasteiger partial charge in [-0.3, -0.25) is 4.40 Å². The topological polar surface area (TPSA) is 45.1 Å². The molecule has 1 aromatic carbocycles. The third kappa shape index (κ3) is 1.69. The molecule has 0 aliphatic heterocycles. The minimum atomic E-state index is 0.935. The van der Waals surface area contributed by atoms with Crippen molar-refractivity contribution in [3.8, 4) is 0 Å². The number of aromatic nitrogens is 3. The Labute approximate surface area is 106 Å². The zero-order valence-corrected chi connectivity index (χ0v) is 11.0. The van der Waals surface area contributed by atoms with Crippen LogP contribution < -0.4 is 5.32 Å². The summed E-state index contributed by atoms with van der Waals surface area (Å²) >= 11 is 0. The molecule has 0 spiro atoms. The fourth-order valence-electron chi connectivity index (χ4n) is 2.48. The van der Waals surface area contributed by atoms with Crippen molar-refractivity contribution in [3.63, 3.8) is 0 Å². The highest BCUT2D eigenvalue weighted by Crippen LogP contribution is 2.22. The second kappa shape index (κ2) is 4.14. The standard InChI is InChI=1S/C14H18N4/c1-9-6-10(2)13-12(7-9)18-8-11(4-5-15-3)16-14(18)17-13/h6-8,15H,4-5H2,1-3H3,(H,16,17). The van der Waals surface area contributed by atoms with Gasteiger partial charge < -0.3 is 10.3 Å². The summed E-state index contributed by atoms with van der Waals surface area (Å²) in [5.41, 5.74) is 6.01. The van der Waals surface area contributed by atoms with Gasteiger partial charge >= 0.3 is 0 Å². The summed E-state index contributed by atoms with van der Waals surface area (Å²) in [6.07, 6.45) is 3.15. The molecule has 3 aromatic rings. The molecule has 94 valence electrons. The number of nitrogens with one attached hydrogen (secondary N) is 2. The lowest BCUT2D eigenvalue weighted by molar-refractivity contribution is 0.780. The highest BCUT2D eigenvalue weighted by Gasteiger charge is 2.10. The minimum absolute atomic E-state index is 0.935. The molecule has 2 aromatic heterocycles. The van der Waals surface area contributed by atoms with E-state index in [0.29, 0.717) is 0 Å². The molecule has 0 fully saturated rings. The maximum Gasteiger partial charge on any atom is 0.212 e. The van der Waals surface area contributed by atoms with E-state index in [1.165, 1.54) is 22.3 Å². The van der Waals surface area contributed by atoms with Crippen molar-refractivity contribution in [3.05, 3.63) is 35.2 Å². The van der Waals surface area contributed by atoms with Gasteiger partial charge in [0.1, 0.15) is 0 Å². The molecule has 0 bridgehead atoms. The average Bonchev–Trinajstić information content (AvgIpc) is 2.85. The molecule has 2 heterocycles. The number of hydrogen-bond donors (Lipinski definition) is 2. The quantitative estimate of drug-likeness (QED) is 0.739. The number of rotatable bonds is 3. The molecule has 0 amide bonds. The number of hydrogen-bond acceptors (Lipinski definition) is 2. The lowest BCUT2D eigenvalue weighted by Crippen LogP contribution is -2.10. The fourth-order valence-corrected chi connectivity index (χ4v) is 2.48. The van der Waals surface area contributed by atoms with Gasteiger partial charge in [0, 0.05) is 24.9 Å². The molecule has 0 radical (unpaired) electrons. The van der Waals surface area contributed by atoms with E-state index < -0.39 is 0 Å². The van der Waals surface area contributed by atoms with E-state index in [-0.39, 0.29) is 0 Å². The Balaban J connectivity index is 2.18. The molecule has 0 aliphatic carbocycles. The van der Waals surface area contributed by atoms with Crippen LogP contribution >= 0.6 is 0 Å². The Kier molecular flexibility index (Phi) is 2.59. The van der Waals surface area contributed by atoms with E-state index >= 15 is 0 Å². The summed E-state index contributed by atoms with van der Waals surface area (Å²) < 4.78 is 2.15. The van der Waals surface area contributed by atoms with Gasteiger partial charge in [0.15, 0.2) is 0 Å². The number of imidazole rings is 2. The van der Waals surface area contributed by atoms with Gasteiger partial charge in [0.05, 0.1) is 11.0 Å². The van der Waals surface area contributed by atoms with Gasteiger partial charge in [-0.1, -0.05) is 6.07 Å². The summed E-state index contributed by atoms with van der Waals surface area (Å²) in [4.78, 5) is 8.05. The highest BCUT2D eigenvalue weighted by atomic mass is 15.1. The van der Waals surface area contributed by atoms with Crippen LogP contribution in [0, 0.1) is 13.8 Å². The molecule has 3 rings (SSSR count). The number of fused-ring (bicyclic) bond motifs is 3. The molecule has 0 aliphatic rings. The maximum atomic E-state index is 4.67. The maximum absolute atomic E-state index is 4.67. The molecule has 0 unspecified atom stereocenters. The fraction of sp³-hybridized carbons (Fsp3) is 0.357. The van der Waals surface area contributed by atoms with Crippen LogP contribution in [0.2, 0.25) is 0 Å². The first-order valence-electron chi connectivity index (χ1n) is 6.30. The van der Waals surface area contributed by atoms with Crippen LogP contribution in [0.1, 0.15) is 16.8 Å². The average molecular weight is 242 g/mol. The van der Waals surface area contributed by atoms with Crippen LogP contribution in [-0.2, 0) is 6.42 Å². The van der Waals surface area contributed by atoms with Crippen LogP contribution in [-0.4, -0.2) is 28.0 Å². The Morgan fingerprint density at radius 2 is 2.17 bits per heavy atom. The molecule has 2 N–H and O–H groups in total. The SMILES string of the molecule is CNCCc1cn2c(nc3c(C)cc(C)cc32)[nH]1. The normalized spacial score (nSPS) is 11.7. The van der Waals surface area contributed by atoms with E-state index in [4.69, 9.17) is 0 Å². The van der Waals surface area contributed by atoms with E-state index in [2.05, 4.69) is 51.9 Å². The van der Waals surface area contributed by atoms with Gasteiger partial charge in [-0.15, -0.1) is 0 Å². The second-order valence-electron chi connectivity index (χ2n) is 4.89. The molecule has 0 atom stereocenters. The Morgan fingerprint density at radius 1 is 1.33 bits per heavy atom. The van der Waals surface area contributed by atoms with Crippen molar-refractivity contribution in [1.29, 1.82) is 0 Å². The van der Waals surface area contributed by atoms with Gasteiger partial charge in [0.25, 0.3) is 0 Å². The van der Waals surface area contributed by atoms with Crippen molar-refractivity contribution >= 4 is 16.8 Å². The van der Waals surface area contributed by atoms with Crippen molar-refractivity contribution in [1.82, 2.24) is 19.7 Å². The first kappa shape index (κ1) is 11.3. The third-order valence-electron chi connectivity index (χ3n) is 3.33. The van der Waals surface area contributed by atoms with Crippen molar-refractivity contribution in [2.75, 3.05) is 13.6 Å². The number of likely N-dealkylation sites (N-methyl/N-ethyl adjacent to an activating group) is 1. The summed E-state index contributed by atoms with van der Waals surface area (Å²) in [7, 11) is 1.97. The zero-order valence-electron chi connectivity index (χ0n) is 11.0. The van der Waals surface area contributed by atoms with Gasteiger partial charge in [0.2, 0.25) is 5.78 Å². The molecular weight excluding hydrogens is 224 g/mol. The largest absolute Gasteiger partial charge is 0.327 e. The van der Waals surface area contributed by atoms with Crippen molar-refractivity contribution < 1.29 is 0 Å². The highest BCUT2D eigenvalue weighted by molar-refractivity contribution is 5.83. The summed E-state index contributed by atoms with van der Waals surface area (Å²) in [5.74, 6) is 0.935.